The molecule has 29 heavy (non-hydrogen) atoms. The number of hydrogen-bond acceptors (Lipinski definition) is 5. The highest BCUT2D eigenvalue weighted by Crippen LogP contribution is 2.18. The number of phenols is 1. The van der Waals surface area contributed by atoms with E-state index in [0.717, 1.165) is 6.08 Å². The van der Waals surface area contributed by atoms with E-state index in [1.54, 1.807) is 30.3 Å². The van der Waals surface area contributed by atoms with Crippen LogP contribution in [0.4, 0.5) is 0 Å². The lowest BCUT2D eigenvalue weighted by atomic mass is 10.1. The van der Waals surface area contributed by atoms with Crippen molar-refractivity contribution in [3.63, 3.8) is 0 Å². The summed E-state index contributed by atoms with van der Waals surface area (Å²) in [7, 11) is 0. The summed E-state index contributed by atoms with van der Waals surface area (Å²) in [5.41, 5.74) is 0.0666. The minimum atomic E-state index is -1.71. The average molecular weight is 398 g/mol. The predicted molar refractivity (Wildman–Crippen MR) is 102 cm³/mol. The van der Waals surface area contributed by atoms with E-state index in [1.165, 1.54) is 24.3 Å². The van der Waals surface area contributed by atoms with Gasteiger partial charge in [-0.25, -0.2) is 4.79 Å². The van der Waals surface area contributed by atoms with Crippen LogP contribution in [0.2, 0.25) is 0 Å². The van der Waals surface area contributed by atoms with E-state index in [0.29, 0.717) is 0 Å². The predicted octanol–water partition coefficient (Wildman–Crippen LogP) is 1.21. The minimum absolute atomic E-state index is 0.174. The molecule has 150 valence electrons. The number of para-hydroxylation sites is 1. The number of aliphatic carboxylic acids is 2. The van der Waals surface area contributed by atoms with Gasteiger partial charge in [0, 0.05) is 11.1 Å². The Balaban J connectivity index is 2.34. The zero-order valence-electron chi connectivity index (χ0n) is 15.0. The molecule has 0 fully saturated rings. The number of hydrogen-bond donors (Lipinski definition) is 5. The SMILES string of the molecule is O=C(O)CC(NC(=O)/C(=C/c1ccccc1O)NC(=O)c1ccccc1)C(=O)O. The molecule has 0 saturated heterocycles. The summed E-state index contributed by atoms with van der Waals surface area (Å²) in [6.45, 7) is 0. The van der Waals surface area contributed by atoms with Crippen molar-refractivity contribution in [1.29, 1.82) is 0 Å². The number of amides is 2. The summed E-state index contributed by atoms with van der Waals surface area (Å²) in [4.78, 5) is 47.1. The van der Waals surface area contributed by atoms with Gasteiger partial charge < -0.3 is 26.0 Å². The molecule has 0 saturated carbocycles. The quantitative estimate of drug-likeness (QED) is 0.419. The second-order valence-electron chi connectivity index (χ2n) is 5.90. The van der Waals surface area contributed by atoms with Crippen LogP contribution in [-0.2, 0) is 14.4 Å². The molecule has 0 radical (unpaired) electrons. The van der Waals surface area contributed by atoms with Gasteiger partial charge >= 0.3 is 11.9 Å². The maximum atomic E-state index is 12.6. The number of aromatic hydroxyl groups is 1. The molecule has 0 aromatic heterocycles. The Hall–Kier alpha value is -4.14. The topological polar surface area (TPSA) is 153 Å². The van der Waals surface area contributed by atoms with Crippen LogP contribution in [-0.4, -0.2) is 45.1 Å². The van der Waals surface area contributed by atoms with Crippen LogP contribution in [0.3, 0.4) is 0 Å². The highest BCUT2D eigenvalue weighted by Gasteiger charge is 2.25. The Bertz CT molecular complexity index is 954. The highest BCUT2D eigenvalue weighted by molar-refractivity contribution is 6.06. The number of rotatable bonds is 8. The Morgan fingerprint density at radius 2 is 1.55 bits per heavy atom. The van der Waals surface area contributed by atoms with Crippen LogP contribution in [0, 0.1) is 0 Å². The molecule has 2 amide bonds. The van der Waals surface area contributed by atoms with Crippen LogP contribution in [0.15, 0.2) is 60.3 Å². The first-order valence-corrected chi connectivity index (χ1v) is 8.39. The van der Waals surface area contributed by atoms with E-state index in [9.17, 15) is 24.3 Å². The number of phenolic OH excluding ortho intramolecular Hbond substituents is 1. The van der Waals surface area contributed by atoms with Gasteiger partial charge in [0.25, 0.3) is 11.8 Å². The van der Waals surface area contributed by atoms with Crippen molar-refractivity contribution < 1.29 is 34.5 Å². The Labute approximate surface area is 165 Å². The van der Waals surface area contributed by atoms with Gasteiger partial charge in [-0.15, -0.1) is 0 Å². The van der Waals surface area contributed by atoms with Crippen molar-refractivity contribution in [2.45, 2.75) is 12.5 Å². The van der Waals surface area contributed by atoms with Gasteiger partial charge in [0.15, 0.2) is 0 Å². The standard InChI is InChI=1S/C20H18N2O7/c23-16-9-5-4-8-13(16)10-14(21-18(26)12-6-2-1-3-7-12)19(27)22-15(20(28)29)11-17(24)25/h1-10,15,23H,11H2,(H,21,26)(H,22,27)(H,24,25)(H,28,29)/b14-10-. The normalized spacial score (nSPS) is 11.9. The van der Waals surface area contributed by atoms with Crippen molar-refractivity contribution >= 4 is 29.8 Å². The summed E-state index contributed by atoms with van der Waals surface area (Å²) in [6.07, 6.45) is 0.308. The Morgan fingerprint density at radius 3 is 2.14 bits per heavy atom. The first-order chi connectivity index (χ1) is 13.8. The molecule has 2 aromatic carbocycles. The lowest BCUT2D eigenvalue weighted by Crippen LogP contribution is -2.45. The van der Waals surface area contributed by atoms with Gasteiger partial charge in [0.1, 0.15) is 17.5 Å². The van der Waals surface area contributed by atoms with Gasteiger partial charge in [-0.2, -0.15) is 0 Å². The molecule has 2 aromatic rings. The fraction of sp³-hybridized carbons (Fsp3) is 0.100. The highest BCUT2D eigenvalue weighted by atomic mass is 16.4. The average Bonchev–Trinajstić information content (AvgIpc) is 2.68. The van der Waals surface area contributed by atoms with Crippen LogP contribution in [0.5, 0.6) is 5.75 Å². The number of carboxylic acid groups (broad SMARTS) is 2. The largest absolute Gasteiger partial charge is 0.507 e. The van der Waals surface area contributed by atoms with Crippen molar-refractivity contribution in [3.05, 3.63) is 71.4 Å². The van der Waals surface area contributed by atoms with Crippen LogP contribution < -0.4 is 10.6 Å². The third kappa shape index (κ3) is 6.21. The van der Waals surface area contributed by atoms with Crippen LogP contribution in [0.1, 0.15) is 22.3 Å². The lowest BCUT2D eigenvalue weighted by molar-refractivity contribution is -0.146. The summed E-state index contributed by atoms with van der Waals surface area (Å²) in [5, 5.41) is 32.3. The van der Waals surface area contributed by atoms with Crippen molar-refractivity contribution in [2.75, 3.05) is 0 Å². The number of nitrogens with one attached hydrogen (secondary N) is 2. The Morgan fingerprint density at radius 1 is 0.931 bits per heavy atom. The number of carbonyl (C=O) groups excluding carboxylic acids is 2. The van der Waals surface area contributed by atoms with Crippen LogP contribution >= 0.6 is 0 Å². The molecule has 0 aliphatic rings. The van der Waals surface area contributed by atoms with E-state index in [4.69, 9.17) is 10.2 Å². The molecule has 0 spiro atoms. The molecule has 0 heterocycles. The van der Waals surface area contributed by atoms with Gasteiger partial charge in [-0.05, 0) is 24.3 Å². The second kappa shape index (κ2) is 9.70. The zero-order valence-corrected chi connectivity index (χ0v) is 15.0. The van der Waals surface area contributed by atoms with Crippen molar-refractivity contribution in [3.8, 4) is 5.75 Å². The molecule has 9 heteroatoms. The number of benzene rings is 2. The number of carboxylic acids is 2. The maximum Gasteiger partial charge on any atom is 0.326 e. The first kappa shape index (κ1) is 21.2. The van der Waals surface area contributed by atoms with Crippen molar-refractivity contribution in [2.24, 2.45) is 0 Å². The van der Waals surface area contributed by atoms with Gasteiger partial charge in [0.05, 0.1) is 6.42 Å². The van der Waals surface area contributed by atoms with Gasteiger partial charge in [-0.3, -0.25) is 14.4 Å². The molecular formula is C20H18N2O7. The van der Waals surface area contributed by atoms with E-state index in [-0.39, 0.29) is 22.6 Å². The summed E-state index contributed by atoms with van der Waals surface area (Å²) in [6, 6.07) is 12.2. The third-order valence-electron chi connectivity index (χ3n) is 3.75. The molecule has 0 bridgehead atoms. The molecule has 2 rings (SSSR count). The monoisotopic (exact) mass is 398 g/mol. The molecule has 5 N–H and O–H groups in total. The summed E-state index contributed by atoms with van der Waals surface area (Å²) < 4.78 is 0. The zero-order chi connectivity index (χ0) is 21.4. The summed E-state index contributed by atoms with van der Waals surface area (Å²) >= 11 is 0. The second-order valence-corrected chi connectivity index (χ2v) is 5.90. The molecule has 0 aliphatic carbocycles. The smallest absolute Gasteiger partial charge is 0.326 e. The maximum absolute atomic E-state index is 12.6. The van der Waals surface area contributed by atoms with E-state index < -0.39 is 36.2 Å². The summed E-state index contributed by atoms with van der Waals surface area (Å²) in [5.74, 6) is -4.81. The van der Waals surface area contributed by atoms with E-state index in [2.05, 4.69) is 10.6 Å². The fourth-order valence-electron chi connectivity index (χ4n) is 2.32. The molecule has 1 unspecified atom stereocenters. The molecule has 1 atom stereocenters. The molecule has 0 aliphatic heterocycles. The number of carbonyl (C=O) groups is 4. The minimum Gasteiger partial charge on any atom is -0.507 e. The first-order valence-electron chi connectivity index (χ1n) is 8.39. The van der Waals surface area contributed by atoms with E-state index >= 15 is 0 Å². The van der Waals surface area contributed by atoms with E-state index in [1.807, 2.05) is 0 Å². The van der Waals surface area contributed by atoms with Gasteiger partial charge in [-0.1, -0.05) is 36.4 Å². The third-order valence-corrected chi connectivity index (χ3v) is 3.75. The van der Waals surface area contributed by atoms with Crippen molar-refractivity contribution in [1.82, 2.24) is 10.6 Å². The lowest BCUT2D eigenvalue weighted by Gasteiger charge is -2.15. The Kier molecular flexibility index (Phi) is 7.08. The van der Waals surface area contributed by atoms with Gasteiger partial charge in [0.2, 0.25) is 0 Å². The molecule has 9 nitrogen and oxygen atoms in total. The van der Waals surface area contributed by atoms with Crippen LogP contribution in [0.25, 0.3) is 6.08 Å². The molecular weight excluding hydrogens is 380 g/mol. The fourth-order valence-corrected chi connectivity index (χ4v) is 2.32.